The van der Waals surface area contributed by atoms with Crippen LogP contribution >= 0.6 is 0 Å². The predicted octanol–water partition coefficient (Wildman–Crippen LogP) is 7.49. The maximum absolute atomic E-state index is 17.5. The number of pyridine rings is 1. The summed E-state index contributed by atoms with van der Waals surface area (Å²) in [5, 5.41) is 3.46. The van der Waals surface area contributed by atoms with E-state index in [2.05, 4.69) is 20.2 Å². The molecular formula is C41H43F6N7O5. The number of nitrogens with zero attached hydrogens (tertiary/aromatic N) is 6. The summed E-state index contributed by atoms with van der Waals surface area (Å²) < 4.78 is 107. The van der Waals surface area contributed by atoms with Gasteiger partial charge in [-0.1, -0.05) is 6.07 Å². The molecule has 3 atom stereocenters. The van der Waals surface area contributed by atoms with Crippen LogP contribution in [0.2, 0.25) is 0 Å². The van der Waals surface area contributed by atoms with Crippen molar-refractivity contribution in [2.45, 2.75) is 81.7 Å². The fourth-order valence-corrected chi connectivity index (χ4v) is 9.80. The Labute approximate surface area is 335 Å². The van der Waals surface area contributed by atoms with Gasteiger partial charge in [-0.25, -0.2) is 22.8 Å². The van der Waals surface area contributed by atoms with Crippen LogP contribution in [0.15, 0.2) is 30.5 Å². The standard InChI is InChI=1S/C41H43F6N7O5/c1-39-17-25(42)20-53(21-39)35-29-18-48-33(32(44)34(29)49-36(50-35)58-22-40-9-3-11-54(40)12-4-10-40)28-16-26(59-38(56)52-13-8-24(19-52)41(45,46)47)15-23-6-7-30(43)27(31(23)28)5-2-14-57-37(55)51-39/h6-7,15-16,18,24-25H,2-5,8-14,17,19-22H2,1H3,(H,51,55). The Morgan fingerprint density at radius 2 is 1.86 bits per heavy atom. The Hall–Kier alpha value is -5.13. The van der Waals surface area contributed by atoms with Crippen molar-refractivity contribution in [2.75, 3.05) is 57.4 Å². The average Bonchev–Trinajstić information content (AvgIpc) is 3.93. The first-order valence-corrected chi connectivity index (χ1v) is 20.1. The van der Waals surface area contributed by atoms with Gasteiger partial charge in [-0.3, -0.25) is 9.88 Å². The monoisotopic (exact) mass is 827 g/mol. The fourth-order valence-electron chi connectivity index (χ4n) is 9.80. The highest BCUT2D eigenvalue weighted by Crippen LogP contribution is 2.43. The lowest BCUT2D eigenvalue weighted by Gasteiger charge is -2.42. The zero-order valence-electron chi connectivity index (χ0n) is 32.3. The minimum Gasteiger partial charge on any atom is -0.461 e. The summed E-state index contributed by atoms with van der Waals surface area (Å²) >= 11 is 0. The molecule has 314 valence electrons. The maximum Gasteiger partial charge on any atom is 0.415 e. The van der Waals surface area contributed by atoms with E-state index in [1.165, 1.54) is 30.5 Å². The topological polar surface area (TPSA) is 122 Å². The van der Waals surface area contributed by atoms with E-state index in [9.17, 15) is 22.8 Å². The van der Waals surface area contributed by atoms with Gasteiger partial charge in [-0.05, 0) is 99.5 Å². The SMILES string of the molecule is CC12CC(F)CN(C1)c1nc(OCC34CCCN3CCC4)nc3c(F)c(ncc13)-c1cc(OC(=O)N3CCC(C(F)(F)F)C3)cc3ccc(F)c(c13)CCCOC(=O)N2. The molecular weight excluding hydrogens is 784 g/mol. The number of anilines is 1. The van der Waals surface area contributed by atoms with E-state index in [0.29, 0.717) is 5.39 Å². The number of ether oxygens (including phenoxy) is 3. The van der Waals surface area contributed by atoms with Gasteiger partial charge in [0.15, 0.2) is 5.82 Å². The van der Waals surface area contributed by atoms with Gasteiger partial charge in [0, 0.05) is 37.8 Å². The van der Waals surface area contributed by atoms with Crippen LogP contribution in [0.5, 0.6) is 11.8 Å². The van der Waals surface area contributed by atoms with Crippen molar-refractivity contribution in [3.8, 4) is 23.0 Å². The molecule has 6 aliphatic heterocycles. The first kappa shape index (κ1) is 39.3. The van der Waals surface area contributed by atoms with Gasteiger partial charge >= 0.3 is 24.4 Å². The molecule has 2 aromatic heterocycles. The number of alkyl halides is 4. The molecule has 3 unspecified atom stereocenters. The van der Waals surface area contributed by atoms with E-state index in [1.54, 1.807) is 11.8 Å². The number of benzene rings is 2. The van der Waals surface area contributed by atoms with Crippen LogP contribution in [0.4, 0.5) is 41.7 Å². The Morgan fingerprint density at radius 3 is 2.63 bits per heavy atom. The predicted molar refractivity (Wildman–Crippen MR) is 203 cm³/mol. The lowest BCUT2D eigenvalue weighted by molar-refractivity contribution is -0.170. The van der Waals surface area contributed by atoms with Crippen molar-refractivity contribution >= 4 is 39.7 Å². The Kier molecular flexibility index (Phi) is 9.90. The minimum absolute atomic E-state index is 0.0141. The fraction of sp³-hybridized carbons (Fsp3) is 0.537. The average molecular weight is 828 g/mol. The molecule has 2 aromatic carbocycles. The van der Waals surface area contributed by atoms with E-state index in [0.717, 1.165) is 43.7 Å². The van der Waals surface area contributed by atoms with Crippen LogP contribution in [0, 0.1) is 17.6 Å². The van der Waals surface area contributed by atoms with Gasteiger partial charge in [0.2, 0.25) is 0 Å². The number of fused-ring (bicyclic) bond motifs is 7. The Bertz CT molecular complexity index is 2320. The molecule has 0 spiro atoms. The molecule has 0 saturated carbocycles. The summed E-state index contributed by atoms with van der Waals surface area (Å²) in [6.45, 7) is 2.85. The number of nitrogens with one attached hydrogen (secondary N) is 1. The van der Waals surface area contributed by atoms with E-state index in [-0.39, 0.29) is 115 Å². The van der Waals surface area contributed by atoms with Crippen LogP contribution in [-0.4, -0.2) is 113 Å². The van der Waals surface area contributed by atoms with E-state index >= 15 is 13.2 Å². The highest BCUT2D eigenvalue weighted by molar-refractivity contribution is 6.02. The van der Waals surface area contributed by atoms with Crippen molar-refractivity contribution in [3.05, 3.63) is 47.7 Å². The number of hydrogen-bond acceptors (Lipinski definition) is 10. The molecule has 59 heavy (non-hydrogen) atoms. The second-order valence-electron chi connectivity index (χ2n) is 16.8. The van der Waals surface area contributed by atoms with Gasteiger partial charge < -0.3 is 29.3 Å². The van der Waals surface area contributed by atoms with Crippen LogP contribution in [0.1, 0.15) is 57.4 Å². The van der Waals surface area contributed by atoms with Crippen LogP contribution in [0.25, 0.3) is 32.9 Å². The van der Waals surface area contributed by atoms with E-state index in [4.69, 9.17) is 19.2 Å². The number of carbonyl (C=O) groups is 2. The molecule has 6 aliphatic rings. The van der Waals surface area contributed by atoms with Crippen molar-refractivity contribution in [1.82, 2.24) is 30.1 Å². The summed E-state index contributed by atoms with van der Waals surface area (Å²) in [5.41, 5.74) is -1.71. The number of amides is 2. The van der Waals surface area contributed by atoms with E-state index in [1.807, 2.05) is 0 Å². The van der Waals surface area contributed by atoms with Crippen molar-refractivity contribution in [3.63, 3.8) is 0 Å². The summed E-state index contributed by atoms with van der Waals surface area (Å²) in [6, 6.07) is 5.19. The van der Waals surface area contributed by atoms with Crippen LogP contribution in [0.3, 0.4) is 0 Å². The second-order valence-corrected chi connectivity index (χ2v) is 16.8. The number of aromatic nitrogens is 3. The third kappa shape index (κ3) is 7.41. The number of hydrogen-bond donors (Lipinski definition) is 1. The third-order valence-corrected chi connectivity index (χ3v) is 12.6. The number of piperidine rings is 1. The molecule has 1 N–H and O–H groups in total. The number of rotatable bonds is 4. The Morgan fingerprint density at radius 1 is 1.07 bits per heavy atom. The second kappa shape index (κ2) is 14.9. The van der Waals surface area contributed by atoms with Crippen molar-refractivity contribution in [1.29, 1.82) is 0 Å². The zero-order chi connectivity index (χ0) is 41.3. The molecule has 4 saturated heterocycles. The molecule has 8 heterocycles. The summed E-state index contributed by atoms with van der Waals surface area (Å²) in [4.78, 5) is 45.1. The van der Waals surface area contributed by atoms with Gasteiger partial charge in [-0.2, -0.15) is 23.1 Å². The number of halogens is 6. The van der Waals surface area contributed by atoms with Crippen molar-refractivity contribution in [2.24, 2.45) is 5.92 Å². The molecule has 10 rings (SSSR count). The molecule has 18 heteroatoms. The van der Waals surface area contributed by atoms with Crippen molar-refractivity contribution < 1.29 is 50.1 Å². The summed E-state index contributed by atoms with van der Waals surface area (Å²) in [6.07, 6.45) is -2.70. The first-order valence-electron chi connectivity index (χ1n) is 20.1. The number of carbonyl (C=O) groups excluding carboxylic acids is 2. The summed E-state index contributed by atoms with van der Waals surface area (Å²) in [5.74, 6) is -3.29. The molecule has 0 radical (unpaired) electrons. The smallest absolute Gasteiger partial charge is 0.415 e. The quantitative estimate of drug-likeness (QED) is 0.207. The minimum atomic E-state index is -4.49. The largest absolute Gasteiger partial charge is 0.461 e. The van der Waals surface area contributed by atoms with Crippen LogP contribution in [-0.2, 0) is 11.2 Å². The molecule has 6 bridgehead atoms. The lowest BCUT2D eigenvalue weighted by Crippen LogP contribution is -2.60. The number of aryl methyl sites for hydroxylation is 1. The highest BCUT2D eigenvalue weighted by atomic mass is 19.4. The maximum atomic E-state index is 17.5. The zero-order valence-corrected chi connectivity index (χ0v) is 32.3. The summed E-state index contributed by atoms with van der Waals surface area (Å²) in [7, 11) is 0. The number of alkyl carbamates (subject to hydrolysis) is 1. The molecule has 2 amide bonds. The third-order valence-electron chi connectivity index (χ3n) is 12.6. The normalized spacial score (nSPS) is 24.7. The molecule has 0 aliphatic carbocycles. The lowest BCUT2D eigenvalue weighted by atomic mass is 9.90. The van der Waals surface area contributed by atoms with Crippen LogP contribution < -0.4 is 19.7 Å². The van der Waals surface area contributed by atoms with Gasteiger partial charge in [0.25, 0.3) is 0 Å². The molecule has 4 aromatic rings. The van der Waals surface area contributed by atoms with Gasteiger partial charge in [-0.15, -0.1) is 0 Å². The van der Waals surface area contributed by atoms with E-state index < -0.39 is 54.2 Å². The Balaban J connectivity index is 1.19. The first-order chi connectivity index (χ1) is 28.2. The van der Waals surface area contributed by atoms with Gasteiger partial charge in [0.1, 0.15) is 41.4 Å². The van der Waals surface area contributed by atoms with Gasteiger partial charge in [0.05, 0.1) is 35.5 Å². The molecule has 12 nitrogen and oxygen atoms in total. The highest BCUT2D eigenvalue weighted by Gasteiger charge is 2.46. The number of likely N-dealkylation sites (tertiary alicyclic amines) is 1. The molecule has 4 fully saturated rings.